The molecule has 1 saturated carbocycles. The van der Waals surface area contributed by atoms with E-state index < -0.39 is 18.0 Å². The van der Waals surface area contributed by atoms with Crippen molar-refractivity contribution in [2.75, 3.05) is 0 Å². The zero-order valence-electron chi connectivity index (χ0n) is 6.73. The summed E-state index contributed by atoms with van der Waals surface area (Å²) in [7, 11) is 0. The molecule has 0 unspecified atom stereocenters. The number of carboxylic acid groups (broad SMARTS) is 1. The van der Waals surface area contributed by atoms with Gasteiger partial charge in [-0.3, -0.25) is 4.79 Å². The van der Waals surface area contributed by atoms with Gasteiger partial charge in [0, 0.05) is 0 Å². The molecule has 0 aromatic rings. The summed E-state index contributed by atoms with van der Waals surface area (Å²) in [4.78, 5) is 10.8. The van der Waals surface area contributed by atoms with Gasteiger partial charge in [0.1, 0.15) is 5.92 Å². The van der Waals surface area contributed by atoms with E-state index in [1.54, 1.807) is 0 Å². The molecule has 3 rings (SSSR count). The van der Waals surface area contributed by atoms with E-state index in [2.05, 4.69) is 0 Å². The summed E-state index contributed by atoms with van der Waals surface area (Å²) in [6.45, 7) is 0. The lowest BCUT2D eigenvalue weighted by Gasteiger charge is -2.38. The first-order valence-corrected chi connectivity index (χ1v) is 4.30. The third-order valence-corrected chi connectivity index (χ3v) is 2.98. The van der Waals surface area contributed by atoms with Crippen LogP contribution in [0.3, 0.4) is 0 Å². The molecular formula is C9H12O3. The number of aliphatic hydroxyl groups is 1. The van der Waals surface area contributed by atoms with Crippen LogP contribution in [-0.4, -0.2) is 22.3 Å². The van der Waals surface area contributed by atoms with Gasteiger partial charge in [0.05, 0.1) is 6.10 Å². The fourth-order valence-corrected chi connectivity index (χ4v) is 2.26. The minimum absolute atomic E-state index is 0.184. The van der Waals surface area contributed by atoms with Crippen LogP contribution in [0.5, 0.6) is 0 Å². The Morgan fingerprint density at radius 2 is 2.33 bits per heavy atom. The molecule has 12 heavy (non-hydrogen) atoms. The molecule has 3 aliphatic carbocycles. The van der Waals surface area contributed by atoms with E-state index in [0.29, 0.717) is 0 Å². The van der Waals surface area contributed by atoms with Crippen LogP contribution in [0.25, 0.3) is 0 Å². The Hall–Kier alpha value is -0.830. The number of hydrogen-bond acceptors (Lipinski definition) is 2. The number of aliphatic hydroxyl groups excluding tert-OH is 1. The normalized spacial score (nSPS) is 39.4. The summed E-state index contributed by atoms with van der Waals surface area (Å²) in [6, 6.07) is 0. The largest absolute Gasteiger partial charge is 0.481 e. The second kappa shape index (κ2) is 2.59. The predicted octanol–water partition coefficient (Wildman–Crippen LogP) is 0.788. The molecule has 2 bridgehead atoms. The lowest BCUT2D eigenvalue weighted by molar-refractivity contribution is -0.146. The first-order chi connectivity index (χ1) is 5.70. The molecular weight excluding hydrogens is 156 g/mol. The molecule has 0 aromatic heterocycles. The van der Waals surface area contributed by atoms with Gasteiger partial charge in [-0.25, -0.2) is 0 Å². The average molecular weight is 168 g/mol. The minimum Gasteiger partial charge on any atom is -0.481 e. The summed E-state index contributed by atoms with van der Waals surface area (Å²) in [6.07, 6.45) is 4.02. The molecule has 0 radical (unpaired) electrons. The number of carbonyl (C=O) groups is 1. The second-order valence-electron chi connectivity index (χ2n) is 3.62. The van der Waals surface area contributed by atoms with Crippen molar-refractivity contribution >= 4 is 5.97 Å². The molecule has 3 aliphatic rings. The van der Waals surface area contributed by atoms with Crippen molar-refractivity contribution in [2.24, 2.45) is 11.8 Å². The van der Waals surface area contributed by atoms with Gasteiger partial charge in [-0.05, 0) is 25.2 Å². The number of aliphatic carboxylic acids is 1. The maximum absolute atomic E-state index is 10.8. The fraction of sp³-hybridized carbons (Fsp3) is 0.667. The van der Waals surface area contributed by atoms with E-state index in [1.807, 2.05) is 6.08 Å². The maximum Gasteiger partial charge on any atom is 0.313 e. The van der Waals surface area contributed by atoms with E-state index in [4.69, 9.17) is 5.11 Å². The summed E-state index contributed by atoms with van der Waals surface area (Å²) >= 11 is 0. The second-order valence-corrected chi connectivity index (χ2v) is 3.62. The van der Waals surface area contributed by atoms with Crippen LogP contribution in [-0.2, 0) is 4.79 Å². The molecule has 0 spiro atoms. The average Bonchev–Trinajstić information content (AvgIpc) is 2.05. The Kier molecular flexibility index (Phi) is 1.68. The zero-order valence-corrected chi connectivity index (χ0v) is 6.73. The van der Waals surface area contributed by atoms with Crippen LogP contribution >= 0.6 is 0 Å². The van der Waals surface area contributed by atoms with Crippen molar-refractivity contribution in [3.8, 4) is 0 Å². The quantitative estimate of drug-likeness (QED) is 0.569. The van der Waals surface area contributed by atoms with Gasteiger partial charge in [-0.2, -0.15) is 0 Å². The SMILES string of the molecule is O=C(O)[C@H]1C2=CC[C@H](CC2)[C@@H]1O. The van der Waals surface area contributed by atoms with E-state index in [9.17, 15) is 9.90 Å². The third kappa shape index (κ3) is 0.966. The van der Waals surface area contributed by atoms with Crippen LogP contribution in [0.2, 0.25) is 0 Å². The fourth-order valence-electron chi connectivity index (χ4n) is 2.26. The first kappa shape index (κ1) is 7.80. The van der Waals surface area contributed by atoms with E-state index >= 15 is 0 Å². The monoisotopic (exact) mass is 168 g/mol. The highest BCUT2D eigenvalue weighted by atomic mass is 16.4. The number of rotatable bonds is 1. The number of hydrogen-bond donors (Lipinski definition) is 2. The molecule has 0 heterocycles. The van der Waals surface area contributed by atoms with Crippen LogP contribution < -0.4 is 0 Å². The van der Waals surface area contributed by atoms with Crippen LogP contribution in [0.15, 0.2) is 11.6 Å². The molecule has 2 N–H and O–H groups in total. The van der Waals surface area contributed by atoms with Gasteiger partial charge in [0.25, 0.3) is 0 Å². The smallest absolute Gasteiger partial charge is 0.313 e. The van der Waals surface area contributed by atoms with Crippen LogP contribution in [0.1, 0.15) is 19.3 Å². The predicted molar refractivity (Wildman–Crippen MR) is 42.6 cm³/mol. The number of carboxylic acids is 1. The van der Waals surface area contributed by atoms with Crippen LogP contribution in [0, 0.1) is 11.8 Å². The van der Waals surface area contributed by atoms with E-state index in [0.717, 1.165) is 24.8 Å². The minimum atomic E-state index is -0.877. The Bertz CT molecular complexity index is 244. The number of fused-ring (bicyclic) bond motifs is 3. The lowest BCUT2D eigenvalue weighted by Crippen LogP contribution is -2.42. The van der Waals surface area contributed by atoms with Gasteiger partial charge in [-0.1, -0.05) is 11.6 Å². The van der Waals surface area contributed by atoms with Gasteiger partial charge in [-0.15, -0.1) is 0 Å². The Morgan fingerprint density at radius 3 is 2.67 bits per heavy atom. The van der Waals surface area contributed by atoms with Gasteiger partial charge in [0.2, 0.25) is 0 Å². The van der Waals surface area contributed by atoms with Crippen molar-refractivity contribution in [3.63, 3.8) is 0 Å². The van der Waals surface area contributed by atoms with Gasteiger partial charge < -0.3 is 10.2 Å². The summed E-state index contributed by atoms with van der Waals surface area (Å²) in [5, 5.41) is 18.4. The van der Waals surface area contributed by atoms with E-state index in [1.165, 1.54) is 0 Å². The van der Waals surface area contributed by atoms with Crippen molar-refractivity contribution in [2.45, 2.75) is 25.4 Å². The molecule has 0 saturated heterocycles. The van der Waals surface area contributed by atoms with E-state index in [-0.39, 0.29) is 5.92 Å². The molecule has 3 nitrogen and oxygen atoms in total. The van der Waals surface area contributed by atoms with Crippen LogP contribution in [0.4, 0.5) is 0 Å². The van der Waals surface area contributed by atoms with Crippen molar-refractivity contribution in [1.29, 1.82) is 0 Å². The van der Waals surface area contributed by atoms with Crippen molar-refractivity contribution in [3.05, 3.63) is 11.6 Å². The van der Waals surface area contributed by atoms with Gasteiger partial charge in [0.15, 0.2) is 0 Å². The highest BCUT2D eigenvalue weighted by Gasteiger charge is 2.41. The zero-order chi connectivity index (χ0) is 8.72. The lowest BCUT2D eigenvalue weighted by atomic mass is 9.69. The van der Waals surface area contributed by atoms with Gasteiger partial charge >= 0.3 is 5.97 Å². The summed E-state index contributed by atoms with van der Waals surface area (Å²) in [5.74, 6) is -1.31. The molecule has 1 fully saturated rings. The number of allylic oxidation sites excluding steroid dienone is 1. The molecule has 0 amide bonds. The molecule has 3 heteroatoms. The standard InChI is InChI=1S/C9H12O3/c10-8-6-3-1-5(2-4-6)7(8)9(11)12/h1,6-8,10H,2-4H2,(H,11,12)/t6-,7+,8+/m1/s1. The Balaban J connectivity index is 2.29. The highest BCUT2D eigenvalue weighted by molar-refractivity contribution is 5.75. The summed E-state index contributed by atoms with van der Waals surface area (Å²) < 4.78 is 0. The topological polar surface area (TPSA) is 57.5 Å². The summed E-state index contributed by atoms with van der Waals surface area (Å²) in [5.41, 5.74) is 0.928. The Labute approximate surface area is 70.7 Å². The Morgan fingerprint density at radius 1 is 1.58 bits per heavy atom. The highest BCUT2D eigenvalue weighted by Crippen LogP contribution is 2.41. The first-order valence-electron chi connectivity index (χ1n) is 4.30. The molecule has 66 valence electrons. The molecule has 3 atom stereocenters. The molecule has 0 aliphatic heterocycles. The van der Waals surface area contributed by atoms with Crippen molar-refractivity contribution in [1.82, 2.24) is 0 Å². The third-order valence-electron chi connectivity index (χ3n) is 2.98. The van der Waals surface area contributed by atoms with Crippen molar-refractivity contribution < 1.29 is 15.0 Å². The maximum atomic E-state index is 10.8. The molecule has 0 aromatic carbocycles.